The standard InChI is InChI=1S/C26H30F3N11O10P2S2/c27-10-1-11(31-2-10)3-44-26(41)38-21-17-23(35-7-33-21)40(9-37-17)25-15(29)19-13(48-25)5-46-51(42,53)49-18-12(4-45-52(43,54)50-19)47-24(14(18)28)39-8-36-16-20(30)32-6-34-22(16)39/h6-15,18-19,24-25,31H,1-5H2,(H,42,53)(H,43,54)(H2,30,32,34)(H,33,35,38,41)/t10-,11-,12+,13+,14+,15+,18+,19+,24+,25+,51+,52+/m0/s1. The van der Waals surface area contributed by atoms with Crippen molar-refractivity contribution in [1.82, 2.24) is 44.4 Å². The van der Waals surface area contributed by atoms with Crippen molar-refractivity contribution in [1.29, 1.82) is 0 Å². The van der Waals surface area contributed by atoms with Crippen LogP contribution in [0.4, 0.5) is 29.6 Å². The monoisotopic (exact) mass is 839 g/mol. The number of carbonyl (C=O) groups excluding carboxylic acids is 1. The summed E-state index contributed by atoms with van der Waals surface area (Å²) in [6, 6.07) is -0.352. The Morgan fingerprint density at radius 2 is 1.44 bits per heavy atom. The summed E-state index contributed by atoms with van der Waals surface area (Å²) in [7, 11) is 0. The van der Waals surface area contributed by atoms with Crippen LogP contribution in [0.2, 0.25) is 0 Å². The minimum Gasteiger partial charge on any atom is -0.448 e. The van der Waals surface area contributed by atoms with Gasteiger partial charge in [-0.3, -0.25) is 32.5 Å². The van der Waals surface area contributed by atoms with Gasteiger partial charge >= 0.3 is 19.7 Å². The molecule has 4 aromatic heterocycles. The van der Waals surface area contributed by atoms with Gasteiger partial charge in [0.25, 0.3) is 0 Å². The van der Waals surface area contributed by atoms with E-state index >= 15 is 8.78 Å². The van der Waals surface area contributed by atoms with Gasteiger partial charge in [-0.1, -0.05) is 24.5 Å². The minimum absolute atomic E-state index is 0.00856. The lowest BCUT2D eigenvalue weighted by molar-refractivity contribution is -0.0544. The zero-order chi connectivity index (χ0) is 37.9. The summed E-state index contributed by atoms with van der Waals surface area (Å²) in [5.41, 5.74) is 6.14. The van der Waals surface area contributed by atoms with Crippen LogP contribution in [0.5, 0.6) is 0 Å². The van der Waals surface area contributed by atoms with Crippen LogP contribution in [0.25, 0.3) is 22.3 Å². The predicted molar refractivity (Wildman–Crippen MR) is 184 cm³/mol. The summed E-state index contributed by atoms with van der Waals surface area (Å²) in [5.74, 6) is -0.0610. The Kier molecular flexibility index (Phi) is 10.3. The molecule has 4 fully saturated rings. The molecular weight excluding hydrogens is 809 g/mol. The number of hydrogen-bond acceptors (Lipinski definition) is 18. The quantitative estimate of drug-likeness (QED) is 0.143. The van der Waals surface area contributed by atoms with E-state index in [1.807, 2.05) is 0 Å². The van der Waals surface area contributed by atoms with E-state index in [1.54, 1.807) is 0 Å². The summed E-state index contributed by atoms with van der Waals surface area (Å²) in [6.07, 6.45) is -10.7. The lowest BCUT2D eigenvalue weighted by atomic mass is 10.1. The number of nitrogens with one attached hydrogen (secondary N) is 2. The number of amides is 1. The molecule has 0 saturated carbocycles. The summed E-state index contributed by atoms with van der Waals surface area (Å²) in [4.78, 5) is 36.9. The van der Waals surface area contributed by atoms with Gasteiger partial charge in [-0.2, -0.15) is 0 Å². The number of carbonyl (C=O) groups is 1. The first-order valence-corrected chi connectivity index (χ1v) is 21.5. The molecule has 4 aliphatic rings. The highest BCUT2D eigenvalue weighted by Crippen LogP contribution is 2.60. The predicted octanol–water partition coefficient (Wildman–Crippen LogP) is 2.86. The van der Waals surface area contributed by atoms with Crippen LogP contribution in [0.15, 0.2) is 25.3 Å². The molecule has 12 atom stereocenters. The van der Waals surface area contributed by atoms with Gasteiger partial charge in [0, 0.05) is 12.6 Å². The molecule has 54 heavy (non-hydrogen) atoms. The highest BCUT2D eigenvalue weighted by molar-refractivity contribution is 8.44. The lowest BCUT2D eigenvalue weighted by Crippen LogP contribution is -2.36. The zero-order valence-corrected chi connectivity index (χ0v) is 30.9. The molecule has 4 aliphatic heterocycles. The van der Waals surface area contributed by atoms with Crippen molar-refractivity contribution in [3.8, 4) is 0 Å². The smallest absolute Gasteiger partial charge is 0.412 e. The van der Waals surface area contributed by atoms with Crippen molar-refractivity contribution >= 4 is 78.1 Å². The average molecular weight is 840 g/mol. The number of alkyl halides is 3. The maximum atomic E-state index is 16.3. The van der Waals surface area contributed by atoms with Crippen molar-refractivity contribution in [2.24, 2.45) is 0 Å². The molecule has 21 nitrogen and oxygen atoms in total. The molecule has 4 saturated heterocycles. The summed E-state index contributed by atoms with van der Waals surface area (Å²) in [5, 5.41) is 5.32. The molecule has 4 aromatic rings. The fraction of sp³-hybridized carbons (Fsp3) is 0.577. The van der Waals surface area contributed by atoms with Gasteiger partial charge in [0.2, 0.25) is 0 Å². The number of ether oxygens (including phenoxy) is 3. The molecule has 0 bridgehead atoms. The average Bonchev–Trinajstić information content (AvgIpc) is 3.95. The summed E-state index contributed by atoms with van der Waals surface area (Å²) in [6.45, 7) is -10.3. The molecular formula is C26H30F3N11O10P2S2. The third kappa shape index (κ3) is 7.41. The molecule has 4 N–H and O–H groups in total. The van der Waals surface area contributed by atoms with E-state index in [0.29, 0.717) is 0 Å². The second-order valence-electron chi connectivity index (χ2n) is 12.5. The number of aromatic nitrogens is 8. The third-order valence-corrected chi connectivity index (χ3v) is 12.2. The summed E-state index contributed by atoms with van der Waals surface area (Å²) >= 11 is 8.03. The minimum atomic E-state index is -4.49. The van der Waals surface area contributed by atoms with E-state index < -0.39 is 88.3 Å². The van der Waals surface area contributed by atoms with Crippen LogP contribution in [-0.2, 0) is 41.4 Å². The van der Waals surface area contributed by atoms with Crippen LogP contribution in [0, 0.1) is 0 Å². The third-order valence-electron chi connectivity index (χ3n) is 8.95. The van der Waals surface area contributed by atoms with Crippen LogP contribution in [0.3, 0.4) is 0 Å². The van der Waals surface area contributed by atoms with Gasteiger partial charge in [-0.15, -0.1) is 0 Å². The number of fused-ring (bicyclic) bond motifs is 4. The van der Waals surface area contributed by atoms with Gasteiger partial charge in [0.1, 0.15) is 55.4 Å². The number of nitrogens with zero attached hydrogens (tertiary/aromatic N) is 8. The number of imidazole rings is 2. The molecule has 0 unspecified atom stereocenters. The molecule has 0 aliphatic carbocycles. The first kappa shape index (κ1) is 37.7. The number of nitrogens with two attached hydrogens (primary N) is 1. The molecule has 0 radical (unpaired) electrons. The molecule has 8 heterocycles. The van der Waals surface area contributed by atoms with Crippen molar-refractivity contribution in [3.63, 3.8) is 0 Å². The Morgan fingerprint density at radius 1 is 0.889 bits per heavy atom. The van der Waals surface area contributed by atoms with Crippen LogP contribution in [0.1, 0.15) is 18.9 Å². The summed E-state index contributed by atoms with van der Waals surface area (Å²) < 4.78 is 114. The van der Waals surface area contributed by atoms with Crippen molar-refractivity contribution in [2.75, 3.05) is 37.4 Å². The maximum absolute atomic E-state index is 16.3. The van der Waals surface area contributed by atoms with Crippen molar-refractivity contribution in [3.05, 3.63) is 25.3 Å². The Balaban J connectivity index is 0.995. The molecule has 0 aromatic carbocycles. The number of thiol groups is 2. The first-order chi connectivity index (χ1) is 25.8. The van der Waals surface area contributed by atoms with Crippen LogP contribution in [-0.4, -0.2) is 120 Å². The number of halogens is 3. The van der Waals surface area contributed by atoms with Crippen molar-refractivity contribution in [2.45, 2.75) is 67.8 Å². The first-order valence-electron chi connectivity index (χ1n) is 16.1. The number of nitrogen functional groups attached to an aromatic ring is 1. The van der Waals surface area contributed by atoms with E-state index in [0.717, 1.165) is 23.5 Å². The zero-order valence-electron chi connectivity index (χ0n) is 27.3. The van der Waals surface area contributed by atoms with E-state index in [2.05, 4.69) is 65.0 Å². The van der Waals surface area contributed by atoms with Gasteiger partial charge in [-0.25, -0.2) is 57.0 Å². The normalized spacial score (nSPS) is 37.4. The van der Waals surface area contributed by atoms with E-state index in [9.17, 15) is 18.3 Å². The Hall–Kier alpha value is -3.16. The molecule has 1 amide bonds. The Bertz CT molecular complexity index is 2160. The topological polar surface area (TPSA) is 253 Å². The Morgan fingerprint density at radius 3 is 2.02 bits per heavy atom. The fourth-order valence-corrected chi connectivity index (χ4v) is 9.42. The van der Waals surface area contributed by atoms with Gasteiger partial charge < -0.3 is 25.3 Å². The molecule has 292 valence electrons. The molecule has 8 rings (SSSR count). The fourth-order valence-electron chi connectivity index (χ4n) is 6.45. The van der Waals surface area contributed by atoms with E-state index in [4.69, 9.17) is 38.0 Å². The maximum Gasteiger partial charge on any atom is 0.412 e. The Labute approximate surface area is 311 Å². The van der Waals surface area contributed by atoms with Gasteiger partial charge in [0.05, 0.1) is 25.9 Å². The highest BCUT2D eigenvalue weighted by Gasteiger charge is 2.54. The van der Waals surface area contributed by atoms with E-state index in [1.165, 1.54) is 10.9 Å². The van der Waals surface area contributed by atoms with Gasteiger partial charge in [-0.05, 0) is 6.42 Å². The number of anilines is 2. The SMILES string of the molecule is Nc1ncnc2c1ncn2[C@@H]1O[C@@H]2CO[P@@](=O)(S)O[C@H]3[C@@H](F)[C@H](n4cnc5c(NC(=O)OC[C@@H]6C[C@H](F)CN6)ncnc54)O[C@@H]3CO[P@@](=O)(S)O[C@H]2[C@H]1F. The lowest BCUT2D eigenvalue weighted by Gasteiger charge is -2.28. The van der Waals surface area contributed by atoms with Crippen LogP contribution < -0.4 is 16.4 Å². The second kappa shape index (κ2) is 14.7. The largest absolute Gasteiger partial charge is 0.448 e. The van der Waals surface area contributed by atoms with Crippen molar-refractivity contribution < 1.29 is 59.4 Å². The second-order valence-corrected chi connectivity index (χ2v) is 18.2. The molecule has 28 heteroatoms. The number of rotatable bonds is 5. The number of hydrogen-bond donors (Lipinski definition) is 5. The molecule has 0 spiro atoms. The van der Waals surface area contributed by atoms with Crippen LogP contribution >= 0.6 is 38.1 Å². The highest BCUT2D eigenvalue weighted by atomic mass is 32.7. The van der Waals surface area contributed by atoms with Gasteiger partial charge in [0.15, 0.2) is 53.2 Å². The van der Waals surface area contributed by atoms with E-state index in [-0.39, 0.29) is 59.6 Å².